The maximum atomic E-state index is 12.4. The van der Waals surface area contributed by atoms with Crippen LogP contribution in [0.2, 0.25) is 5.02 Å². The topological polar surface area (TPSA) is 102 Å². The summed E-state index contributed by atoms with van der Waals surface area (Å²) in [5, 5.41) is 3.87. The molecule has 0 unspecified atom stereocenters. The number of carbonyl (C=O) groups is 1. The average molecular weight is 477 g/mol. The number of hydrogen-bond acceptors (Lipinski definition) is 10. The molecule has 1 atom stereocenters. The van der Waals surface area contributed by atoms with Gasteiger partial charge in [0, 0.05) is 31.2 Å². The summed E-state index contributed by atoms with van der Waals surface area (Å²) in [5.41, 5.74) is 0.772. The summed E-state index contributed by atoms with van der Waals surface area (Å²) < 4.78 is 16.1. The molecule has 11 heteroatoms. The van der Waals surface area contributed by atoms with Crippen molar-refractivity contribution >= 4 is 35.4 Å². The van der Waals surface area contributed by atoms with E-state index in [0.29, 0.717) is 82.1 Å². The minimum absolute atomic E-state index is 0.0863. The number of morpholine rings is 2. The van der Waals surface area contributed by atoms with E-state index in [0.717, 1.165) is 5.56 Å². The van der Waals surface area contributed by atoms with Crippen LogP contribution in [0.1, 0.15) is 24.9 Å². The summed E-state index contributed by atoms with van der Waals surface area (Å²) in [4.78, 5) is 30.6. The predicted molar refractivity (Wildman–Crippen MR) is 125 cm³/mol. The number of esters is 1. The Labute approximate surface area is 198 Å². The zero-order chi connectivity index (χ0) is 23.0. The van der Waals surface area contributed by atoms with Crippen LogP contribution in [-0.2, 0) is 19.0 Å². The Morgan fingerprint density at radius 1 is 1.03 bits per heavy atom. The third-order valence-corrected chi connectivity index (χ3v) is 5.80. The van der Waals surface area contributed by atoms with Crippen LogP contribution >= 0.6 is 11.6 Å². The van der Waals surface area contributed by atoms with E-state index in [1.807, 2.05) is 18.2 Å². The number of aromatic nitrogens is 3. The van der Waals surface area contributed by atoms with E-state index in [2.05, 4.69) is 25.1 Å². The molecule has 33 heavy (non-hydrogen) atoms. The Morgan fingerprint density at radius 2 is 1.61 bits per heavy atom. The molecule has 1 aromatic heterocycles. The zero-order valence-electron chi connectivity index (χ0n) is 18.7. The van der Waals surface area contributed by atoms with Gasteiger partial charge in [-0.3, -0.25) is 4.79 Å². The van der Waals surface area contributed by atoms with Crippen molar-refractivity contribution in [3.05, 3.63) is 34.9 Å². The fourth-order valence-corrected chi connectivity index (χ4v) is 4.03. The molecule has 1 aromatic carbocycles. The van der Waals surface area contributed by atoms with Gasteiger partial charge in [-0.25, -0.2) is 0 Å². The lowest BCUT2D eigenvalue weighted by Crippen LogP contribution is -2.40. The standard InChI is InChI=1S/C22H29ClN6O4/c1-2-33-19(30)15-18(16-5-3-4-6-17(16)23)24-20-25-21(28-7-11-31-12-8-28)27-22(26-20)29-9-13-32-14-10-29/h3-6,18H,2,7-15H2,1H3,(H,24,25,26,27)/t18-/m1/s1. The average Bonchev–Trinajstić information content (AvgIpc) is 2.85. The molecule has 0 aliphatic carbocycles. The first-order chi connectivity index (χ1) is 16.1. The highest BCUT2D eigenvalue weighted by Crippen LogP contribution is 2.29. The molecule has 3 heterocycles. The molecule has 0 saturated carbocycles. The van der Waals surface area contributed by atoms with Crippen LogP contribution < -0.4 is 15.1 Å². The highest BCUT2D eigenvalue weighted by Gasteiger charge is 2.24. The number of halogens is 1. The van der Waals surface area contributed by atoms with Crippen LogP contribution in [0, 0.1) is 0 Å². The molecule has 2 aliphatic rings. The first-order valence-corrected chi connectivity index (χ1v) is 11.6. The first-order valence-electron chi connectivity index (χ1n) is 11.2. The van der Waals surface area contributed by atoms with Crippen molar-refractivity contribution in [1.29, 1.82) is 0 Å². The molecule has 4 rings (SSSR count). The summed E-state index contributed by atoms with van der Waals surface area (Å²) in [6.45, 7) is 7.35. The van der Waals surface area contributed by atoms with Gasteiger partial charge in [-0.05, 0) is 18.6 Å². The second-order valence-electron chi connectivity index (χ2n) is 7.69. The maximum absolute atomic E-state index is 12.4. The van der Waals surface area contributed by atoms with Gasteiger partial charge in [0.1, 0.15) is 0 Å². The van der Waals surface area contributed by atoms with E-state index in [9.17, 15) is 4.79 Å². The first kappa shape index (κ1) is 23.5. The molecule has 2 fully saturated rings. The summed E-state index contributed by atoms with van der Waals surface area (Å²) >= 11 is 6.46. The molecule has 2 saturated heterocycles. The lowest BCUT2D eigenvalue weighted by molar-refractivity contribution is -0.143. The Hall–Kier alpha value is -2.69. The second-order valence-corrected chi connectivity index (χ2v) is 8.09. The summed E-state index contributed by atoms with van der Waals surface area (Å²) in [5.74, 6) is 1.20. The largest absolute Gasteiger partial charge is 0.466 e. The molecular formula is C22H29ClN6O4. The Morgan fingerprint density at radius 3 is 2.15 bits per heavy atom. The molecule has 10 nitrogen and oxygen atoms in total. The van der Waals surface area contributed by atoms with Crippen molar-refractivity contribution in [3.8, 4) is 0 Å². The Bertz CT molecular complexity index is 901. The smallest absolute Gasteiger partial charge is 0.308 e. The summed E-state index contributed by atoms with van der Waals surface area (Å²) in [6, 6.07) is 6.94. The van der Waals surface area contributed by atoms with Crippen molar-refractivity contribution in [1.82, 2.24) is 15.0 Å². The van der Waals surface area contributed by atoms with Gasteiger partial charge in [-0.15, -0.1) is 0 Å². The highest BCUT2D eigenvalue weighted by molar-refractivity contribution is 6.31. The molecule has 2 aromatic rings. The van der Waals surface area contributed by atoms with Crippen molar-refractivity contribution in [2.75, 3.05) is 74.3 Å². The van der Waals surface area contributed by atoms with Gasteiger partial charge in [-0.2, -0.15) is 15.0 Å². The summed E-state index contributed by atoms with van der Waals surface area (Å²) in [7, 11) is 0. The van der Waals surface area contributed by atoms with Crippen LogP contribution in [-0.4, -0.2) is 80.1 Å². The maximum Gasteiger partial charge on any atom is 0.308 e. The highest BCUT2D eigenvalue weighted by atomic mass is 35.5. The molecule has 1 N–H and O–H groups in total. The van der Waals surface area contributed by atoms with E-state index >= 15 is 0 Å². The van der Waals surface area contributed by atoms with Crippen LogP contribution in [0.4, 0.5) is 17.8 Å². The lowest BCUT2D eigenvalue weighted by atomic mass is 10.0. The Kier molecular flexibility index (Phi) is 8.14. The third kappa shape index (κ3) is 6.21. The van der Waals surface area contributed by atoms with Gasteiger partial charge in [-0.1, -0.05) is 29.8 Å². The van der Waals surface area contributed by atoms with Gasteiger partial charge < -0.3 is 29.3 Å². The molecule has 178 valence electrons. The number of nitrogens with zero attached hydrogens (tertiary/aromatic N) is 5. The minimum atomic E-state index is -0.463. The van der Waals surface area contributed by atoms with E-state index in [1.165, 1.54) is 0 Å². The number of hydrogen-bond donors (Lipinski definition) is 1. The third-order valence-electron chi connectivity index (χ3n) is 5.46. The SMILES string of the molecule is CCOC(=O)C[C@@H](Nc1nc(N2CCOCC2)nc(N2CCOCC2)n1)c1ccccc1Cl. The molecule has 0 spiro atoms. The van der Waals surface area contributed by atoms with Crippen LogP contribution in [0.15, 0.2) is 24.3 Å². The van der Waals surface area contributed by atoms with E-state index in [-0.39, 0.29) is 12.4 Å². The summed E-state index contributed by atoms with van der Waals surface area (Å²) in [6.07, 6.45) is 0.0863. The fourth-order valence-electron chi connectivity index (χ4n) is 3.77. The zero-order valence-corrected chi connectivity index (χ0v) is 19.5. The van der Waals surface area contributed by atoms with Crippen molar-refractivity contribution in [3.63, 3.8) is 0 Å². The minimum Gasteiger partial charge on any atom is -0.466 e. The Balaban J connectivity index is 1.66. The molecule has 0 radical (unpaired) electrons. The van der Waals surface area contributed by atoms with Gasteiger partial charge in [0.05, 0.1) is 45.5 Å². The van der Waals surface area contributed by atoms with Gasteiger partial charge >= 0.3 is 5.97 Å². The predicted octanol–water partition coefficient (Wildman–Crippen LogP) is 2.30. The van der Waals surface area contributed by atoms with Gasteiger partial charge in [0.2, 0.25) is 17.8 Å². The van der Waals surface area contributed by atoms with Crippen molar-refractivity contribution in [2.45, 2.75) is 19.4 Å². The van der Waals surface area contributed by atoms with Crippen LogP contribution in [0.25, 0.3) is 0 Å². The second kappa shape index (κ2) is 11.4. The number of anilines is 3. The number of carbonyl (C=O) groups excluding carboxylic acids is 1. The van der Waals surface area contributed by atoms with Gasteiger partial charge in [0.25, 0.3) is 0 Å². The van der Waals surface area contributed by atoms with Crippen molar-refractivity contribution in [2.24, 2.45) is 0 Å². The quantitative estimate of drug-likeness (QED) is 0.571. The van der Waals surface area contributed by atoms with Crippen LogP contribution in [0.3, 0.4) is 0 Å². The normalized spacial score (nSPS) is 17.5. The number of ether oxygens (including phenoxy) is 3. The molecular weight excluding hydrogens is 448 g/mol. The van der Waals surface area contributed by atoms with Gasteiger partial charge in [0.15, 0.2) is 0 Å². The van der Waals surface area contributed by atoms with E-state index in [4.69, 9.17) is 30.8 Å². The van der Waals surface area contributed by atoms with Crippen LogP contribution in [0.5, 0.6) is 0 Å². The van der Waals surface area contributed by atoms with E-state index in [1.54, 1.807) is 13.0 Å². The fraction of sp³-hybridized carbons (Fsp3) is 0.545. The molecule has 0 bridgehead atoms. The number of rotatable bonds is 8. The number of benzene rings is 1. The van der Waals surface area contributed by atoms with Crippen molar-refractivity contribution < 1.29 is 19.0 Å². The lowest BCUT2D eigenvalue weighted by Gasteiger charge is -2.30. The molecule has 2 aliphatic heterocycles. The number of nitrogens with one attached hydrogen (secondary N) is 1. The molecule has 0 amide bonds. The van der Waals surface area contributed by atoms with E-state index < -0.39 is 6.04 Å². The monoisotopic (exact) mass is 476 g/mol.